The molecule has 0 aliphatic rings. The summed E-state index contributed by atoms with van der Waals surface area (Å²) >= 11 is 0. The van der Waals surface area contributed by atoms with Crippen LogP contribution < -0.4 is 5.73 Å². The van der Waals surface area contributed by atoms with Crippen LogP contribution in [0.1, 0.15) is 181 Å². The standard InChI is InChI=1S/C42H78NO9P/c1-3-5-7-9-11-12-13-14-15-16-17-18-19-20-21-22-23-24-25-26-27-29-31-33-35-49-36-39(37-50-53(47,48)51-38-40(43)42(45)46)52-41(44)34-32-30-28-10-8-6-4-2/h13-14,16-17,19-20,39-40H,3-12,15,18,21-38,43H2,1-2H3,(H,45,46)(H,47,48)/b14-13-,17-16-,20-19-. The van der Waals surface area contributed by atoms with Crippen molar-refractivity contribution in [2.45, 2.75) is 193 Å². The number of carboxylic acid groups (broad SMARTS) is 1. The van der Waals surface area contributed by atoms with Gasteiger partial charge < -0.3 is 25.2 Å². The van der Waals surface area contributed by atoms with E-state index in [-0.39, 0.29) is 13.0 Å². The molecule has 0 radical (unpaired) electrons. The first-order valence-electron chi connectivity index (χ1n) is 21.0. The Morgan fingerprint density at radius 2 is 1.04 bits per heavy atom. The average Bonchev–Trinajstić information content (AvgIpc) is 3.13. The van der Waals surface area contributed by atoms with Gasteiger partial charge in [0, 0.05) is 13.0 Å². The predicted octanol–water partition coefficient (Wildman–Crippen LogP) is 11.3. The highest BCUT2D eigenvalue weighted by Crippen LogP contribution is 2.43. The van der Waals surface area contributed by atoms with E-state index >= 15 is 0 Å². The predicted molar refractivity (Wildman–Crippen MR) is 217 cm³/mol. The van der Waals surface area contributed by atoms with Crippen molar-refractivity contribution in [3.8, 4) is 0 Å². The SMILES string of the molecule is CCCCCCC/C=C\C/C=C\C/C=C\CCCCCCCCCCCOCC(COP(=O)(O)OCC(N)C(=O)O)OC(=O)CCCCCCCCC. The first-order chi connectivity index (χ1) is 25.7. The largest absolute Gasteiger partial charge is 0.480 e. The molecule has 10 nitrogen and oxygen atoms in total. The molecule has 0 bridgehead atoms. The number of allylic oxidation sites excluding steroid dienone is 6. The maximum Gasteiger partial charge on any atom is 0.472 e. The molecule has 0 aliphatic heterocycles. The zero-order chi connectivity index (χ0) is 39.1. The zero-order valence-electron chi connectivity index (χ0n) is 33.6. The summed E-state index contributed by atoms with van der Waals surface area (Å²) in [5, 5.41) is 8.86. The molecule has 0 aromatic rings. The summed E-state index contributed by atoms with van der Waals surface area (Å²) in [5.74, 6) is -1.79. The smallest absolute Gasteiger partial charge is 0.472 e. The molecule has 0 aromatic heterocycles. The highest BCUT2D eigenvalue weighted by Gasteiger charge is 2.27. The highest BCUT2D eigenvalue weighted by molar-refractivity contribution is 7.47. The Morgan fingerprint density at radius 3 is 1.55 bits per heavy atom. The first kappa shape index (κ1) is 51.2. The minimum atomic E-state index is -4.61. The lowest BCUT2D eigenvalue weighted by molar-refractivity contribution is -0.154. The third-order valence-electron chi connectivity index (χ3n) is 8.92. The fraction of sp³-hybridized carbons (Fsp3) is 0.810. The van der Waals surface area contributed by atoms with Crippen molar-refractivity contribution < 1.29 is 42.7 Å². The van der Waals surface area contributed by atoms with E-state index in [4.69, 9.17) is 24.8 Å². The molecular weight excluding hydrogens is 693 g/mol. The van der Waals surface area contributed by atoms with Gasteiger partial charge in [-0.15, -0.1) is 0 Å². The molecule has 0 amide bonds. The molecule has 0 saturated heterocycles. The van der Waals surface area contributed by atoms with Crippen LogP contribution >= 0.6 is 7.82 Å². The van der Waals surface area contributed by atoms with Crippen LogP contribution in [0.5, 0.6) is 0 Å². The minimum absolute atomic E-state index is 0.0141. The monoisotopic (exact) mass is 772 g/mol. The summed E-state index contributed by atoms with van der Waals surface area (Å²) in [6.45, 7) is 3.80. The lowest BCUT2D eigenvalue weighted by atomic mass is 10.1. The molecule has 3 unspecified atom stereocenters. The lowest BCUT2D eigenvalue weighted by Gasteiger charge is -2.20. The van der Waals surface area contributed by atoms with Crippen LogP contribution in [0.3, 0.4) is 0 Å². The van der Waals surface area contributed by atoms with Gasteiger partial charge in [-0.3, -0.25) is 18.6 Å². The number of phosphoric acid groups is 1. The summed E-state index contributed by atoms with van der Waals surface area (Å²) in [4.78, 5) is 33.3. The number of nitrogens with two attached hydrogens (primary N) is 1. The summed E-state index contributed by atoms with van der Waals surface area (Å²) < 4.78 is 33.1. The van der Waals surface area contributed by atoms with Gasteiger partial charge in [0.2, 0.25) is 0 Å². The summed E-state index contributed by atoms with van der Waals surface area (Å²) in [5.41, 5.74) is 5.33. The van der Waals surface area contributed by atoms with Crippen molar-refractivity contribution in [2.75, 3.05) is 26.4 Å². The van der Waals surface area contributed by atoms with E-state index < -0.39 is 45.1 Å². The maximum absolute atomic E-state index is 12.5. The van der Waals surface area contributed by atoms with E-state index in [2.05, 4.69) is 54.8 Å². The Balaban J connectivity index is 4.05. The van der Waals surface area contributed by atoms with Crippen LogP contribution in [0.2, 0.25) is 0 Å². The zero-order valence-corrected chi connectivity index (χ0v) is 34.5. The van der Waals surface area contributed by atoms with Gasteiger partial charge >= 0.3 is 19.8 Å². The van der Waals surface area contributed by atoms with Gasteiger partial charge in [-0.05, 0) is 51.4 Å². The highest BCUT2D eigenvalue weighted by atomic mass is 31.2. The second-order valence-corrected chi connectivity index (χ2v) is 15.6. The second-order valence-electron chi connectivity index (χ2n) is 14.1. The number of esters is 1. The number of phosphoric ester groups is 1. The summed E-state index contributed by atoms with van der Waals surface area (Å²) in [6, 6.07) is -1.47. The minimum Gasteiger partial charge on any atom is -0.480 e. The number of rotatable bonds is 40. The third kappa shape index (κ3) is 38.3. The Hall–Kier alpha value is -1.81. The molecule has 0 rings (SSSR count). The average molecular weight is 772 g/mol. The van der Waals surface area contributed by atoms with Crippen LogP contribution in [-0.4, -0.2) is 60.5 Å². The maximum atomic E-state index is 12.5. The fourth-order valence-electron chi connectivity index (χ4n) is 5.61. The van der Waals surface area contributed by atoms with Crippen LogP contribution in [0.15, 0.2) is 36.5 Å². The number of hydrogen-bond acceptors (Lipinski definition) is 8. The van der Waals surface area contributed by atoms with E-state index in [1.54, 1.807) is 0 Å². The number of unbranched alkanes of at least 4 members (excludes halogenated alkanes) is 20. The number of carboxylic acids is 1. The van der Waals surface area contributed by atoms with Gasteiger partial charge in [-0.25, -0.2) is 4.57 Å². The molecule has 0 aromatic carbocycles. The van der Waals surface area contributed by atoms with Gasteiger partial charge in [-0.1, -0.05) is 159 Å². The quantitative estimate of drug-likeness (QED) is 0.0237. The molecular formula is C42H78NO9P. The topological polar surface area (TPSA) is 155 Å². The molecule has 53 heavy (non-hydrogen) atoms. The number of carbonyl (C=O) groups excluding carboxylic acids is 1. The fourth-order valence-corrected chi connectivity index (χ4v) is 6.39. The van der Waals surface area contributed by atoms with Crippen molar-refractivity contribution in [3.05, 3.63) is 36.5 Å². The van der Waals surface area contributed by atoms with Gasteiger partial charge in [-0.2, -0.15) is 0 Å². The van der Waals surface area contributed by atoms with Gasteiger partial charge in [0.15, 0.2) is 0 Å². The molecule has 3 atom stereocenters. The van der Waals surface area contributed by atoms with Gasteiger partial charge in [0.05, 0.1) is 19.8 Å². The molecule has 310 valence electrons. The van der Waals surface area contributed by atoms with Crippen molar-refractivity contribution in [3.63, 3.8) is 0 Å². The summed E-state index contributed by atoms with van der Waals surface area (Å²) in [6.07, 6.45) is 42.3. The third-order valence-corrected chi connectivity index (χ3v) is 9.87. The number of aliphatic carboxylic acids is 1. The molecule has 4 N–H and O–H groups in total. The molecule has 0 spiro atoms. The second kappa shape index (κ2) is 38.5. The van der Waals surface area contributed by atoms with E-state index in [1.807, 2.05) is 0 Å². The van der Waals surface area contributed by atoms with E-state index in [1.165, 1.54) is 96.3 Å². The van der Waals surface area contributed by atoms with Crippen LogP contribution in [0.4, 0.5) is 0 Å². The van der Waals surface area contributed by atoms with Gasteiger partial charge in [0.1, 0.15) is 12.1 Å². The van der Waals surface area contributed by atoms with Crippen LogP contribution in [0, 0.1) is 0 Å². The van der Waals surface area contributed by atoms with E-state index in [0.29, 0.717) is 13.0 Å². The van der Waals surface area contributed by atoms with Crippen molar-refractivity contribution in [1.29, 1.82) is 0 Å². The Bertz CT molecular complexity index is 988. The van der Waals surface area contributed by atoms with Crippen molar-refractivity contribution >= 4 is 19.8 Å². The van der Waals surface area contributed by atoms with Crippen molar-refractivity contribution in [1.82, 2.24) is 0 Å². The van der Waals surface area contributed by atoms with Crippen LogP contribution in [0.25, 0.3) is 0 Å². The first-order valence-corrected chi connectivity index (χ1v) is 22.5. The van der Waals surface area contributed by atoms with Crippen LogP contribution in [-0.2, 0) is 32.7 Å². The normalized spacial score (nSPS) is 14.3. The van der Waals surface area contributed by atoms with Gasteiger partial charge in [0.25, 0.3) is 0 Å². The Labute approximate surface area is 323 Å². The number of hydrogen-bond donors (Lipinski definition) is 3. The lowest BCUT2D eigenvalue weighted by Crippen LogP contribution is -2.34. The van der Waals surface area contributed by atoms with E-state index in [0.717, 1.165) is 57.8 Å². The van der Waals surface area contributed by atoms with Crippen molar-refractivity contribution in [2.24, 2.45) is 5.73 Å². The number of ether oxygens (including phenoxy) is 2. The molecule has 0 heterocycles. The molecule has 0 aliphatic carbocycles. The summed E-state index contributed by atoms with van der Waals surface area (Å²) in [7, 11) is -4.61. The Kier molecular flexibility index (Phi) is 37.2. The molecule has 0 saturated carbocycles. The Morgan fingerprint density at radius 1 is 0.604 bits per heavy atom. The molecule has 11 heteroatoms. The van der Waals surface area contributed by atoms with E-state index in [9.17, 15) is 19.0 Å². The number of carbonyl (C=O) groups is 2. The molecule has 0 fully saturated rings.